The van der Waals surface area contributed by atoms with E-state index in [4.69, 9.17) is 4.74 Å². The fourth-order valence-corrected chi connectivity index (χ4v) is 6.27. The lowest BCUT2D eigenvalue weighted by atomic mass is 9.94. The van der Waals surface area contributed by atoms with Gasteiger partial charge in [-0.05, 0) is 48.3 Å². The second-order valence-corrected chi connectivity index (χ2v) is 12.1. The maximum atomic E-state index is 13.6. The number of thioether (sulfide) groups is 1. The van der Waals surface area contributed by atoms with Crippen molar-refractivity contribution in [3.8, 4) is 10.6 Å². The number of hydrogen-bond acceptors (Lipinski definition) is 8. The molecule has 2 atom stereocenters. The third kappa shape index (κ3) is 7.88. The number of nitrogens with zero attached hydrogens (tertiary/aromatic N) is 1. The lowest BCUT2D eigenvalue weighted by Crippen LogP contribution is -2.61. The average Bonchev–Trinajstić information content (AvgIpc) is 3.56. The first kappa shape index (κ1) is 28.8. The van der Waals surface area contributed by atoms with Crippen LogP contribution in [0.2, 0.25) is 0 Å². The molecule has 8 nitrogen and oxygen atoms in total. The SMILES string of the molecule is COC(=O)[C@H](Cc1ccc(-c2cccs2)nc1)NC(=O)C1(NC(=O)[C@@H](CC(C)C)SC(C)=O)CCCC1. The topological polar surface area (TPSA) is 114 Å². The highest BCUT2D eigenvalue weighted by atomic mass is 32.2. The minimum Gasteiger partial charge on any atom is -0.467 e. The monoisotopic (exact) mass is 545 g/mol. The molecule has 37 heavy (non-hydrogen) atoms. The van der Waals surface area contributed by atoms with E-state index in [1.54, 1.807) is 17.5 Å². The molecule has 0 radical (unpaired) electrons. The van der Waals surface area contributed by atoms with Crippen LogP contribution in [0.4, 0.5) is 0 Å². The Morgan fingerprint density at radius 2 is 1.89 bits per heavy atom. The Labute approximate surface area is 226 Å². The molecule has 2 N–H and O–H groups in total. The van der Waals surface area contributed by atoms with Crippen LogP contribution in [0, 0.1) is 5.92 Å². The van der Waals surface area contributed by atoms with E-state index in [0.29, 0.717) is 19.3 Å². The molecule has 10 heteroatoms. The van der Waals surface area contributed by atoms with Gasteiger partial charge >= 0.3 is 5.97 Å². The molecule has 200 valence electrons. The van der Waals surface area contributed by atoms with E-state index < -0.39 is 28.7 Å². The number of amides is 2. The summed E-state index contributed by atoms with van der Waals surface area (Å²) >= 11 is 2.58. The second kappa shape index (κ2) is 13.2. The summed E-state index contributed by atoms with van der Waals surface area (Å²) in [6.07, 6.45) is 4.91. The number of nitrogens with one attached hydrogen (secondary N) is 2. The Morgan fingerprint density at radius 3 is 2.43 bits per heavy atom. The van der Waals surface area contributed by atoms with E-state index >= 15 is 0 Å². The number of rotatable bonds is 11. The maximum absolute atomic E-state index is 13.6. The molecule has 0 aromatic carbocycles. The number of aromatic nitrogens is 1. The van der Waals surface area contributed by atoms with Gasteiger partial charge in [0, 0.05) is 19.5 Å². The molecule has 3 rings (SSSR count). The molecule has 0 spiro atoms. The van der Waals surface area contributed by atoms with Gasteiger partial charge in [-0.1, -0.05) is 50.6 Å². The normalized spacial score (nSPS) is 16.1. The number of thiophene rings is 1. The van der Waals surface area contributed by atoms with Crippen molar-refractivity contribution in [2.45, 2.75) is 76.1 Å². The van der Waals surface area contributed by atoms with Crippen molar-refractivity contribution in [2.24, 2.45) is 5.92 Å². The van der Waals surface area contributed by atoms with E-state index in [-0.39, 0.29) is 23.4 Å². The molecule has 2 aromatic heterocycles. The molecular formula is C27H35N3O5S2. The maximum Gasteiger partial charge on any atom is 0.328 e. The zero-order valence-corrected chi connectivity index (χ0v) is 23.4. The van der Waals surface area contributed by atoms with Gasteiger partial charge in [-0.25, -0.2) is 4.79 Å². The first-order valence-electron chi connectivity index (χ1n) is 12.5. The number of ether oxygens (including phenoxy) is 1. The van der Waals surface area contributed by atoms with Crippen LogP contribution in [0.1, 0.15) is 58.4 Å². The molecule has 1 aliphatic rings. The van der Waals surface area contributed by atoms with Gasteiger partial charge in [0.2, 0.25) is 11.8 Å². The highest BCUT2D eigenvalue weighted by molar-refractivity contribution is 8.14. The van der Waals surface area contributed by atoms with E-state index in [1.165, 1.54) is 14.0 Å². The lowest BCUT2D eigenvalue weighted by Gasteiger charge is -2.32. The number of carbonyl (C=O) groups is 4. The molecule has 1 fully saturated rings. The van der Waals surface area contributed by atoms with Crippen LogP contribution in [0.25, 0.3) is 10.6 Å². The van der Waals surface area contributed by atoms with E-state index in [1.807, 2.05) is 43.5 Å². The Balaban J connectivity index is 1.74. The van der Waals surface area contributed by atoms with Crippen LogP contribution in [0.15, 0.2) is 35.8 Å². The Kier molecular flexibility index (Phi) is 10.3. The zero-order chi connectivity index (χ0) is 27.0. The molecule has 2 aromatic rings. The molecule has 0 aliphatic heterocycles. The summed E-state index contributed by atoms with van der Waals surface area (Å²) in [5.41, 5.74) is 0.483. The van der Waals surface area contributed by atoms with E-state index in [2.05, 4.69) is 15.6 Å². The van der Waals surface area contributed by atoms with Crippen LogP contribution in [0.5, 0.6) is 0 Å². The van der Waals surface area contributed by atoms with Crippen molar-refractivity contribution in [2.75, 3.05) is 7.11 Å². The summed E-state index contributed by atoms with van der Waals surface area (Å²) in [5.74, 6) is -1.10. The van der Waals surface area contributed by atoms with Crippen molar-refractivity contribution in [3.05, 3.63) is 41.4 Å². The second-order valence-electron chi connectivity index (χ2n) is 9.79. The largest absolute Gasteiger partial charge is 0.467 e. The predicted octanol–water partition coefficient (Wildman–Crippen LogP) is 4.13. The van der Waals surface area contributed by atoms with Gasteiger partial charge < -0.3 is 15.4 Å². The Bertz CT molecular complexity index is 1080. The minimum atomic E-state index is -1.13. The summed E-state index contributed by atoms with van der Waals surface area (Å²) in [6.45, 7) is 5.41. The van der Waals surface area contributed by atoms with Crippen molar-refractivity contribution >= 4 is 46.0 Å². The summed E-state index contributed by atoms with van der Waals surface area (Å²) < 4.78 is 4.97. The molecule has 2 amide bonds. The Morgan fingerprint density at radius 1 is 1.16 bits per heavy atom. The molecule has 0 bridgehead atoms. The molecule has 1 aliphatic carbocycles. The summed E-state index contributed by atoms with van der Waals surface area (Å²) in [6, 6.07) is 6.78. The van der Waals surface area contributed by atoms with Gasteiger partial charge in [-0.15, -0.1) is 11.3 Å². The Hall–Kier alpha value is -2.72. The van der Waals surface area contributed by atoms with Crippen molar-refractivity contribution in [1.29, 1.82) is 0 Å². The van der Waals surface area contributed by atoms with E-state index in [0.717, 1.165) is 40.7 Å². The molecule has 0 saturated heterocycles. The van der Waals surface area contributed by atoms with Gasteiger partial charge in [-0.2, -0.15) is 0 Å². The number of esters is 1. The third-order valence-corrected chi connectivity index (χ3v) is 8.28. The molecular weight excluding hydrogens is 510 g/mol. The summed E-state index contributed by atoms with van der Waals surface area (Å²) in [5, 5.41) is 7.07. The van der Waals surface area contributed by atoms with Crippen LogP contribution in [-0.2, 0) is 30.3 Å². The fraction of sp³-hybridized carbons (Fsp3) is 0.519. The van der Waals surface area contributed by atoms with Gasteiger partial charge in [-0.3, -0.25) is 19.4 Å². The van der Waals surface area contributed by atoms with Crippen LogP contribution < -0.4 is 10.6 Å². The number of pyridine rings is 1. The van der Waals surface area contributed by atoms with Gasteiger partial charge in [0.15, 0.2) is 5.12 Å². The van der Waals surface area contributed by atoms with Gasteiger partial charge in [0.1, 0.15) is 11.6 Å². The number of carbonyl (C=O) groups excluding carboxylic acids is 4. The molecule has 1 saturated carbocycles. The molecule has 0 unspecified atom stereocenters. The predicted molar refractivity (Wildman–Crippen MR) is 146 cm³/mol. The van der Waals surface area contributed by atoms with Crippen molar-refractivity contribution < 1.29 is 23.9 Å². The van der Waals surface area contributed by atoms with Crippen molar-refractivity contribution in [1.82, 2.24) is 15.6 Å². The van der Waals surface area contributed by atoms with Gasteiger partial charge in [0.25, 0.3) is 0 Å². The number of hydrogen-bond donors (Lipinski definition) is 2. The standard InChI is InChI=1S/C27H35N3O5S2/c1-17(2)14-23(37-18(3)31)24(32)30-27(11-5-6-12-27)26(34)29-21(25(33)35-4)15-19-9-10-20(28-16-19)22-8-7-13-36-22/h7-10,13,16-17,21,23H,5-6,11-12,14-15H2,1-4H3,(H,29,34)(H,30,32)/t21-,23+/m0/s1. The van der Waals surface area contributed by atoms with Crippen LogP contribution in [-0.4, -0.2) is 51.8 Å². The summed E-state index contributed by atoms with van der Waals surface area (Å²) in [7, 11) is 1.28. The lowest BCUT2D eigenvalue weighted by molar-refractivity contribution is -0.146. The van der Waals surface area contributed by atoms with Crippen LogP contribution >= 0.6 is 23.1 Å². The van der Waals surface area contributed by atoms with Crippen molar-refractivity contribution in [3.63, 3.8) is 0 Å². The number of methoxy groups -OCH3 is 1. The fourth-order valence-electron chi connectivity index (χ4n) is 4.52. The van der Waals surface area contributed by atoms with Crippen LogP contribution in [0.3, 0.4) is 0 Å². The smallest absolute Gasteiger partial charge is 0.328 e. The summed E-state index contributed by atoms with van der Waals surface area (Å²) in [4.78, 5) is 56.7. The first-order chi connectivity index (χ1) is 17.6. The highest BCUT2D eigenvalue weighted by Crippen LogP contribution is 2.32. The molecule has 2 heterocycles. The average molecular weight is 546 g/mol. The highest BCUT2D eigenvalue weighted by Gasteiger charge is 2.45. The first-order valence-corrected chi connectivity index (χ1v) is 14.3. The third-order valence-electron chi connectivity index (χ3n) is 6.37. The minimum absolute atomic E-state index is 0.143. The zero-order valence-electron chi connectivity index (χ0n) is 21.7. The van der Waals surface area contributed by atoms with E-state index in [9.17, 15) is 19.2 Å². The van der Waals surface area contributed by atoms with Gasteiger partial charge in [0.05, 0.1) is 22.9 Å². The quantitative estimate of drug-likeness (QED) is 0.408.